The van der Waals surface area contributed by atoms with Gasteiger partial charge in [0.2, 0.25) is 5.91 Å². The Morgan fingerprint density at radius 3 is 2.29 bits per heavy atom. The number of nitrogens with one attached hydrogen (secondary N) is 1. The maximum absolute atomic E-state index is 12.2. The fraction of sp³-hybridized carbons (Fsp3) is 0.278. The van der Waals surface area contributed by atoms with Crippen LogP contribution in [-0.4, -0.2) is 26.7 Å². The molecular weight excluding hydrogens is 326 g/mol. The van der Waals surface area contributed by atoms with Crippen LogP contribution in [0, 0.1) is 0 Å². The van der Waals surface area contributed by atoms with Crippen LogP contribution in [0.15, 0.2) is 53.4 Å². The standard InChI is InChI=1S/C18H21NO4S/c1-13(2)24(21,22)16-10-8-15(9-11-16)19-18(20)12-14-6-4-5-7-17(14)23-3/h4-11,13H,12H2,1-3H3,(H,19,20). The van der Waals surface area contributed by atoms with Gasteiger partial charge in [0.05, 0.1) is 23.7 Å². The van der Waals surface area contributed by atoms with Crippen LogP contribution in [-0.2, 0) is 21.1 Å². The predicted molar refractivity (Wildman–Crippen MR) is 94.1 cm³/mol. The van der Waals surface area contributed by atoms with Gasteiger partial charge in [0.25, 0.3) is 0 Å². The summed E-state index contributed by atoms with van der Waals surface area (Å²) in [4.78, 5) is 12.4. The van der Waals surface area contributed by atoms with Crippen molar-refractivity contribution in [3.63, 3.8) is 0 Å². The number of sulfone groups is 1. The summed E-state index contributed by atoms with van der Waals surface area (Å²) in [6.07, 6.45) is 0.177. The first-order chi connectivity index (χ1) is 11.3. The summed E-state index contributed by atoms with van der Waals surface area (Å²) in [6, 6.07) is 13.5. The summed E-state index contributed by atoms with van der Waals surface area (Å²) >= 11 is 0. The van der Waals surface area contributed by atoms with Crippen LogP contribution < -0.4 is 10.1 Å². The lowest BCUT2D eigenvalue weighted by Gasteiger charge is -2.10. The van der Waals surface area contributed by atoms with Gasteiger partial charge in [0, 0.05) is 11.3 Å². The number of rotatable bonds is 6. The molecule has 0 aliphatic heterocycles. The van der Waals surface area contributed by atoms with E-state index in [-0.39, 0.29) is 17.2 Å². The number of carbonyl (C=O) groups is 1. The zero-order valence-corrected chi connectivity index (χ0v) is 14.8. The molecule has 6 heteroatoms. The van der Waals surface area contributed by atoms with Crippen molar-refractivity contribution in [1.29, 1.82) is 0 Å². The molecule has 0 atom stereocenters. The molecule has 5 nitrogen and oxygen atoms in total. The Labute approximate surface area is 142 Å². The highest BCUT2D eigenvalue weighted by molar-refractivity contribution is 7.92. The van der Waals surface area contributed by atoms with Gasteiger partial charge in [-0.05, 0) is 44.2 Å². The summed E-state index contributed by atoms with van der Waals surface area (Å²) in [5.74, 6) is 0.463. The highest BCUT2D eigenvalue weighted by atomic mass is 32.2. The van der Waals surface area contributed by atoms with Crippen LogP contribution in [0.4, 0.5) is 5.69 Å². The quantitative estimate of drug-likeness (QED) is 0.872. The summed E-state index contributed by atoms with van der Waals surface area (Å²) < 4.78 is 29.4. The van der Waals surface area contributed by atoms with Gasteiger partial charge in [0.15, 0.2) is 9.84 Å². The molecule has 0 aliphatic rings. The maximum atomic E-state index is 12.2. The summed E-state index contributed by atoms with van der Waals surface area (Å²) in [5.41, 5.74) is 1.34. The normalized spacial score (nSPS) is 11.3. The molecule has 0 aliphatic carbocycles. The molecule has 0 radical (unpaired) electrons. The van der Waals surface area contributed by atoms with Crippen molar-refractivity contribution < 1.29 is 17.9 Å². The monoisotopic (exact) mass is 347 g/mol. The van der Waals surface area contributed by atoms with E-state index >= 15 is 0 Å². The van der Waals surface area contributed by atoms with Crippen molar-refractivity contribution in [2.24, 2.45) is 0 Å². The zero-order chi connectivity index (χ0) is 17.7. The average Bonchev–Trinajstić information content (AvgIpc) is 2.55. The molecule has 1 N–H and O–H groups in total. The largest absolute Gasteiger partial charge is 0.496 e. The van der Waals surface area contributed by atoms with Crippen molar-refractivity contribution in [2.75, 3.05) is 12.4 Å². The molecule has 0 spiro atoms. The second-order valence-electron chi connectivity index (χ2n) is 5.65. The van der Waals surface area contributed by atoms with Gasteiger partial charge in [-0.2, -0.15) is 0 Å². The molecule has 0 bridgehead atoms. The van der Waals surface area contributed by atoms with Gasteiger partial charge >= 0.3 is 0 Å². The van der Waals surface area contributed by atoms with E-state index in [4.69, 9.17) is 4.74 Å². The first-order valence-electron chi connectivity index (χ1n) is 7.60. The van der Waals surface area contributed by atoms with Gasteiger partial charge < -0.3 is 10.1 Å². The van der Waals surface area contributed by atoms with E-state index < -0.39 is 15.1 Å². The number of hydrogen-bond acceptors (Lipinski definition) is 4. The third kappa shape index (κ3) is 4.14. The average molecular weight is 347 g/mol. The number of carbonyl (C=O) groups excluding carboxylic acids is 1. The van der Waals surface area contributed by atoms with Crippen molar-refractivity contribution in [3.8, 4) is 5.75 Å². The molecule has 2 aromatic rings. The molecule has 2 aromatic carbocycles. The minimum Gasteiger partial charge on any atom is -0.496 e. The van der Waals surface area contributed by atoms with Gasteiger partial charge in [-0.1, -0.05) is 18.2 Å². The number of methoxy groups -OCH3 is 1. The van der Waals surface area contributed by atoms with Gasteiger partial charge in [-0.3, -0.25) is 4.79 Å². The third-order valence-corrected chi connectivity index (χ3v) is 5.80. The molecule has 0 saturated heterocycles. The Morgan fingerprint density at radius 1 is 1.08 bits per heavy atom. The van der Waals surface area contributed by atoms with E-state index in [2.05, 4.69) is 5.32 Å². The zero-order valence-electron chi connectivity index (χ0n) is 13.9. The van der Waals surface area contributed by atoms with Crippen molar-refractivity contribution in [1.82, 2.24) is 0 Å². The van der Waals surface area contributed by atoms with Crippen LogP contribution in [0.1, 0.15) is 19.4 Å². The summed E-state index contributed by atoms with van der Waals surface area (Å²) in [6.45, 7) is 3.27. The van der Waals surface area contributed by atoms with E-state index in [1.165, 1.54) is 12.1 Å². The van der Waals surface area contributed by atoms with Gasteiger partial charge in [-0.15, -0.1) is 0 Å². The fourth-order valence-corrected chi connectivity index (χ4v) is 3.29. The molecule has 0 aromatic heterocycles. The molecule has 0 heterocycles. The van der Waals surface area contributed by atoms with E-state index in [0.717, 1.165) is 5.56 Å². The first-order valence-corrected chi connectivity index (χ1v) is 9.15. The molecular formula is C18H21NO4S. The molecule has 1 amide bonds. The summed E-state index contributed by atoms with van der Waals surface area (Å²) in [5, 5.41) is 2.28. The second kappa shape index (κ2) is 7.49. The molecule has 24 heavy (non-hydrogen) atoms. The van der Waals surface area contributed by atoms with E-state index in [0.29, 0.717) is 11.4 Å². The molecule has 0 saturated carbocycles. The molecule has 128 valence electrons. The number of para-hydroxylation sites is 1. The van der Waals surface area contributed by atoms with Crippen LogP contribution in [0.5, 0.6) is 5.75 Å². The number of amides is 1. The Balaban J connectivity index is 2.07. The third-order valence-electron chi connectivity index (χ3n) is 3.63. The number of benzene rings is 2. The van der Waals surface area contributed by atoms with E-state index in [1.54, 1.807) is 39.2 Å². The Kier molecular flexibility index (Phi) is 5.62. The van der Waals surface area contributed by atoms with Crippen molar-refractivity contribution in [3.05, 3.63) is 54.1 Å². The maximum Gasteiger partial charge on any atom is 0.228 e. The fourth-order valence-electron chi connectivity index (χ4n) is 2.23. The van der Waals surface area contributed by atoms with Crippen LogP contribution in [0.25, 0.3) is 0 Å². The Morgan fingerprint density at radius 2 is 1.71 bits per heavy atom. The minimum absolute atomic E-state index is 0.177. The topological polar surface area (TPSA) is 72.5 Å². The lowest BCUT2D eigenvalue weighted by Crippen LogP contribution is -2.16. The van der Waals surface area contributed by atoms with Gasteiger partial charge in [0.1, 0.15) is 5.75 Å². The number of hydrogen-bond donors (Lipinski definition) is 1. The van der Waals surface area contributed by atoms with Crippen molar-refractivity contribution >= 4 is 21.4 Å². The highest BCUT2D eigenvalue weighted by Crippen LogP contribution is 2.20. The second-order valence-corrected chi connectivity index (χ2v) is 8.16. The first kappa shape index (κ1) is 18.0. The SMILES string of the molecule is COc1ccccc1CC(=O)Nc1ccc(S(=O)(=O)C(C)C)cc1. The van der Waals surface area contributed by atoms with E-state index in [9.17, 15) is 13.2 Å². The highest BCUT2D eigenvalue weighted by Gasteiger charge is 2.18. The molecule has 2 rings (SSSR count). The number of anilines is 1. The Hall–Kier alpha value is -2.34. The minimum atomic E-state index is -3.31. The smallest absolute Gasteiger partial charge is 0.228 e. The van der Waals surface area contributed by atoms with E-state index in [1.807, 2.05) is 18.2 Å². The number of ether oxygens (including phenoxy) is 1. The van der Waals surface area contributed by atoms with Crippen LogP contribution in [0.2, 0.25) is 0 Å². The molecule has 0 fully saturated rings. The van der Waals surface area contributed by atoms with Crippen LogP contribution >= 0.6 is 0 Å². The molecule has 0 unspecified atom stereocenters. The van der Waals surface area contributed by atoms with Gasteiger partial charge in [-0.25, -0.2) is 8.42 Å². The summed E-state index contributed by atoms with van der Waals surface area (Å²) in [7, 11) is -1.75. The predicted octanol–water partition coefficient (Wildman–Crippen LogP) is 3.06. The lowest BCUT2D eigenvalue weighted by molar-refractivity contribution is -0.115. The van der Waals surface area contributed by atoms with Crippen molar-refractivity contribution in [2.45, 2.75) is 30.4 Å². The lowest BCUT2D eigenvalue weighted by atomic mass is 10.1. The van der Waals surface area contributed by atoms with Crippen LogP contribution in [0.3, 0.4) is 0 Å². The Bertz CT molecular complexity index is 811.